The van der Waals surface area contributed by atoms with Gasteiger partial charge >= 0.3 is 0 Å². The van der Waals surface area contributed by atoms with E-state index >= 15 is 0 Å². The van der Waals surface area contributed by atoms with Crippen LogP contribution in [0.25, 0.3) is 0 Å². The first kappa shape index (κ1) is 9.70. The highest BCUT2D eigenvalue weighted by Gasteiger charge is 1.72. The molecular formula is C4H14AlN. The van der Waals surface area contributed by atoms with Gasteiger partial charge in [-0.2, -0.15) is 0 Å². The number of hydrogen-bond donors (Lipinski definition) is 0. The Bertz CT molecular complexity index is 21.5. The average Bonchev–Trinajstić information content (AvgIpc) is 1.38. The molecule has 0 amide bonds. The lowest BCUT2D eigenvalue weighted by Gasteiger charge is -2.00. The van der Waals surface area contributed by atoms with E-state index in [0.717, 1.165) is 6.54 Å². The zero-order valence-corrected chi connectivity index (χ0v) is 4.15. The summed E-state index contributed by atoms with van der Waals surface area (Å²) >= 11 is 0. The van der Waals surface area contributed by atoms with Gasteiger partial charge in [-0.25, -0.2) is 0 Å². The van der Waals surface area contributed by atoms with Crippen LogP contribution < -0.4 is 0 Å². The van der Waals surface area contributed by atoms with Crippen molar-refractivity contribution in [2.45, 2.75) is 6.92 Å². The van der Waals surface area contributed by atoms with Crippen LogP contribution in [0.1, 0.15) is 6.92 Å². The Balaban J connectivity index is 0. The molecule has 1 nitrogen and oxygen atoms in total. The molecule has 0 aromatic heterocycles. The van der Waals surface area contributed by atoms with Crippen LogP contribution in [0.15, 0.2) is 0 Å². The third kappa shape index (κ3) is 8.82. The lowest BCUT2D eigenvalue weighted by atomic mass is 10.7. The van der Waals surface area contributed by atoms with Crippen molar-refractivity contribution in [3.8, 4) is 0 Å². The fourth-order valence-electron chi connectivity index (χ4n) is 0. The lowest BCUT2D eigenvalue weighted by molar-refractivity contribution is 0.434. The topological polar surface area (TPSA) is 3.24 Å². The molecule has 0 aromatic rings. The molecule has 0 saturated heterocycles. The molecule has 0 heterocycles. The summed E-state index contributed by atoms with van der Waals surface area (Å²) in [6.45, 7) is 3.26. The summed E-state index contributed by atoms with van der Waals surface area (Å²) in [7, 11) is 4.11. The first-order chi connectivity index (χ1) is 2.27. The summed E-state index contributed by atoms with van der Waals surface area (Å²) in [6, 6.07) is 0. The van der Waals surface area contributed by atoms with E-state index in [1.807, 2.05) is 0 Å². The Kier molecular flexibility index (Phi) is 8.88. The van der Waals surface area contributed by atoms with Gasteiger partial charge in [0.2, 0.25) is 0 Å². The molecule has 38 valence electrons. The van der Waals surface area contributed by atoms with Gasteiger partial charge in [0.25, 0.3) is 0 Å². The summed E-state index contributed by atoms with van der Waals surface area (Å²) in [4.78, 5) is 2.12. The molecule has 0 aromatic carbocycles. The monoisotopic (exact) mass is 103 g/mol. The first-order valence-corrected chi connectivity index (χ1v) is 1.92. The standard InChI is InChI=1S/C4H11N.Al.3H/c1-4-5(2)3;;;;/h4H2,1-3H3;;;;. The van der Waals surface area contributed by atoms with Gasteiger partial charge < -0.3 is 4.90 Å². The minimum Gasteiger partial charge on any atom is -0.310 e. The van der Waals surface area contributed by atoms with Crippen LogP contribution in [-0.4, -0.2) is 42.9 Å². The van der Waals surface area contributed by atoms with Gasteiger partial charge in [0.1, 0.15) is 0 Å². The van der Waals surface area contributed by atoms with Gasteiger partial charge in [-0.15, -0.1) is 0 Å². The maximum Gasteiger partial charge on any atom is 0.187 e. The Morgan fingerprint density at radius 2 is 1.50 bits per heavy atom. The molecule has 0 aliphatic rings. The number of rotatable bonds is 1. The summed E-state index contributed by atoms with van der Waals surface area (Å²) in [5, 5.41) is 0. The van der Waals surface area contributed by atoms with Crippen molar-refractivity contribution in [1.29, 1.82) is 0 Å². The summed E-state index contributed by atoms with van der Waals surface area (Å²) in [6.07, 6.45) is 0. The van der Waals surface area contributed by atoms with Crippen molar-refractivity contribution >= 4 is 17.4 Å². The van der Waals surface area contributed by atoms with Gasteiger partial charge in [0.15, 0.2) is 17.4 Å². The normalized spacial score (nSPS) is 8.00. The van der Waals surface area contributed by atoms with Gasteiger partial charge in [-0.05, 0) is 20.6 Å². The molecule has 0 fully saturated rings. The van der Waals surface area contributed by atoms with Gasteiger partial charge in [0.05, 0.1) is 0 Å². The Morgan fingerprint density at radius 1 is 1.33 bits per heavy atom. The second-order valence-corrected chi connectivity index (χ2v) is 1.40. The molecule has 0 aliphatic carbocycles. The van der Waals surface area contributed by atoms with Crippen molar-refractivity contribution in [2.24, 2.45) is 0 Å². The first-order valence-electron chi connectivity index (χ1n) is 1.92. The van der Waals surface area contributed by atoms with E-state index < -0.39 is 0 Å². The molecule has 2 heteroatoms. The van der Waals surface area contributed by atoms with E-state index in [1.165, 1.54) is 0 Å². The highest BCUT2D eigenvalue weighted by atomic mass is 27.0. The maximum atomic E-state index is 2.12. The van der Waals surface area contributed by atoms with Crippen LogP contribution >= 0.6 is 0 Å². The molecule has 0 rings (SSSR count). The van der Waals surface area contributed by atoms with Crippen LogP contribution in [0.4, 0.5) is 0 Å². The predicted octanol–water partition coefficient (Wildman–Crippen LogP) is -0.616. The summed E-state index contributed by atoms with van der Waals surface area (Å²) < 4.78 is 0. The van der Waals surface area contributed by atoms with E-state index in [9.17, 15) is 0 Å². The third-order valence-corrected chi connectivity index (χ3v) is 0.632. The third-order valence-electron chi connectivity index (χ3n) is 0.632. The second kappa shape index (κ2) is 5.49. The van der Waals surface area contributed by atoms with Gasteiger partial charge in [-0.1, -0.05) is 6.92 Å². The van der Waals surface area contributed by atoms with Crippen molar-refractivity contribution in [3.05, 3.63) is 0 Å². The van der Waals surface area contributed by atoms with Gasteiger partial charge in [-0.3, -0.25) is 0 Å². The predicted molar refractivity (Wildman–Crippen MR) is 34.2 cm³/mol. The second-order valence-electron chi connectivity index (χ2n) is 1.40. The molecular weight excluding hydrogens is 89.0 g/mol. The zero-order chi connectivity index (χ0) is 4.28. The van der Waals surface area contributed by atoms with E-state index in [2.05, 4.69) is 25.9 Å². The van der Waals surface area contributed by atoms with E-state index in [1.54, 1.807) is 0 Å². The van der Waals surface area contributed by atoms with Crippen molar-refractivity contribution in [2.75, 3.05) is 20.6 Å². The lowest BCUT2D eigenvalue weighted by Crippen LogP contribution is -2.08. The van der Waals surface area contributed by atoms with Crippen LogP contribution in [0, 0.1) is 0 Å². The summed E-state index contributed by atoms with van der Waals surface area (Å²) in [5.74, 6) is 0. The fraction of sp³-hybridized carbons (Fsp3) is 1.00. The molecule has 0 radical (unpaired) electrons. The Morgan fingerprint density at radius 3 is 1.50 bits per heavy atom. The Labute approximate surface area is 50.5 Å². The molecule has 0 spiro atoms. The van der Waals surface area contributed by atoms with E-state index in [0.29, 0.717) is 0 Å². The van der Waals surface area contributed by atoms with Crippen LogP contribution in [-0.2, 0) is 0 Å². The average molecular weight is 103 g/mol. The van der Waals surface area contributed by atoms with Gasteiger partial charge in [0, 0.05) is 0 Å². The molecule has 0 saturated carbocycles. The fourth-order valence-corrected chi connectivity index (χ4v) is 0. The highest BCUT2D eigenvalue weighted by molar-refractivity contribution is 5.75. The maximum absolute atomic E-state index is 2.12. The van der Waals surface area contributed by atoms with Crippen molar-refractivity contribution in [3.63, 3.8) is 0 Å². The highest BCUT2D eigenvalue weighted by Crippen LogP contribution is 1.63. The van der Waals surface area contributed by atoms with Crippen molar-refractivity contribution in [1.82, 2.24) is 4.90 Å². The molecule has 0 bridgehead atoms. The quantitative estimate of drug-likeness (QED) is 0.400. The molecule has 0 atom stereocenters. The Hall–Kier alpha value is 0.492. The SMILES string of the molecule is CCN(C)C.[AlH3]. The molecule has 6 heavy (non-hydrogen) atoms. The van der Waals surface area contributed by atoms with Crippen LogP contribution in [0.2, 0.25) is 0 Å². The largest absolute Gasteiger partial charge is 0.310 e. The molecule has 0 N–H and O–H groups in total. The van der Waals surface area contributed by atoms with E-state index in [4.69, 9.17) is 0 Å². The van der Waals surface area contributed by atoms with E-state index in [-0.39, 0.29) is 17.4 Å². The number of hydrogen-bond acceptors (Lipinski definition) is 1. The van der Waals surface area contributed by atoms with Crippen LogP contribution in [0.5, 0.6) is 0 Å². The molecule has 0 unspecified atom stereocenters. The molecule has 0 aliphatic heterocycles. The minimum atomic E-state index is 0. The summed E-state index contributed by atoms with van der Waals surface area (Å²) in [5.41, 5.74) is 0. The smallest absolute Gasteiger partial charge is 0.187 e. The van der Waals surface area contributed by atoms with Crippen molar-refractivity contribution < 1.29 is 0 Å². The van der Waals surface area contributed by atoms with Crippen LogP contribution in [0.3, 0.4) is 0 Å². The number of nitrogens with zero attached hydrogens (tertiary/aromatic N) is 1. The minimum absolute atomic E-state index is 0. The zero-order valence-electron chi connectivity index (χ0n) is 4.15.